The minimum atomic E-state index is -0.808. The molecule has 0 heterocycles. The predicted octanol–water partition coefficient (Wildman–Crippen LogP) is 20.9. The van der Waals surface area contributed by atoms with Crippen molar-refractivity contribution in [1.82, 2.24) is 0 Å². The van der Waals surface area contributed by atoms with Gasteiger partial charge in [-0.15, -0.1) is 0 Å². The van der Waals surface area contributed by atoms with E-state index in [0.717, 1.165) is 148 Å². The van der Waals surface area contributed by atoms with Gasteiger partial charge in [-0.1, -0.05) is 256 Å². The van der Waals surface area contributed by atoms with Gasteiger partial charge in [0, 0.05) is 19.3 Å². The molecule has 1 unspecified atom stereocenters. The van der Waals surface area contributed by atoms with Gasteiger partial charge >= 0.3 is 17.9 Å². The van der Waals surface area contributed by atoms with Crippen LogP contribution in [0.3, 0.4) is 0 Å². The monoisotopic (exact) mass is 1050 g/mol. The van der Waals surface area contributed by atoms with E-state index in [1.165, 1.54) is 51.4 Å². The number of hydrogen-bond acceptors (Lipinski definition) is 6. The summed E-state index contributed by atoms with van der Waals surface area (Å²) in [6, 6.07) is 0. The number of carbonyl (C=O) groups is 3. The van der Waals surface area contributed by atoms with Crippen molar-refractivity contribution in [1.29, 1.82) is 0 Å². The Labute approximate surface area is 467 Å². The van der Waals surface area contributed by atoms with Gasteiger partial charge in [0.15, 0.2) is 6.10 Å². The quantitative estimate of drug-likeness (QED) is 0.0261. The summed E-state index contributed by atoms with van der Waals surface area (Å²) in [7, 11) is 0. The Morgan fingerprint density at radius 3 is 0.829 bits per heavy atom. The van der Waals surface area contributed by atoms with Crippen molar-refractivity contribution in [3.63, 3.8) is 0 Å². The summed E-state index contributed by atoms with van der Waals surface area (Å²) in [6.07, 6.45) is 91.1. The summed E-state index contributed by atoms with van der Waals surface area (Å²) in [6.45, 7) is 6.32. The number of unbranched alkanes of at least 4 members (excludes halogenated alkanes) is 16. The second kappa shape index (κ2) is 62.6. The first-order chi connectivity index (χ1) is 37.5. The van der Waals surface area contributed by atoms with E-state index in [-0.39, 0.29) is 31.1 Å². The average Bonchev–Trinajstić information content (AvgIpc) is 3.42. The molecule has 0 radical (unpaired) electrons. The lowest BCUT2D eigenvalue weighted by molar-refractivity contribution is -0.167. The summed E-state index contributed by atoms with van der Waals surface area (Å²) < 4.78 is 16.8. The van der Waals surface area contributed by atoms with Crippen molar-refractivity contribution < 1.29 is 28.6 Å². The molecule has 6 heteroatoms. The van der Waals surface area contributed by atoms with E-state index in [4.69, 9.17) is 14.2 Å². The third kappa shape index (κ3) is 59.9. The zero-order chi connectivity index (χ0) is 55.0. The molecule has 0 aliphatic rings. The Balaban J connectivity index is 4.36. The van der Waals surface area contributed by atoms with Crippen molar-refractivity contribution in [2.45, 2.75) is 252 Å². The molecule has 0 spiro atoms. The highest BCUT2D eigenvalue weighted by Crippen LogP contribution is 2.14. The van der Waals surface area contributed by atoms with Gasteiger partial charge in [0.25, 0.3) is 0 Å². The standard InChI is InChI=1S/C70H110O6/c1-4-7-10-13-16-19-21-23-25-27-29-31-33-34-35-36-38-39-41-43-45-47-49-51-54-57-60-63-69(72)75-66-67(65-74-68(71)62-59-56-53-18-15-12-9-6-3)76-70(73)64-61-58-55-52-50-48-46-44-42-40-37-32-30-28-26-24-22-20-17-14-11-8-5-2/h7-8,10-11,16-17,19-20,23-26,29-32,34-35,38-40,42-43,45,49,51,67H,4-6,9,12-15,18,21-22,27-28,33,36-37,41,44,46-48,50,52-66H2,1-3H3/b10-7-,11-8-,19-16-,20-17-,25-23-,26-24-,31-29-,32-30-,35-34-,39-38-,42-40-,45-43-,51-49-. The molecule has 6 nitrogen and oxygen atoms in total. The van der Waals surface area contributed by atoms with Crippen molar-refractivity contribution in [3.8, 4) is 0 Å². The number of ether oxygens (including phenoxy) is 3. The summed E-state index contributed by atoms with van der Waals surface area (Å²) in [4.78, 5) is 38.1. The Kier molecular flexibility index (Phi) is 58.5. The molecular weight excluding hydrogens is 937 g/mol. The molecule has 1 atom stereocenters. The van der Waals surface area contributed by atoms with Gasteiger partial charge in [-0.3, -0.25) is 14.4 Å². The molecule has 0 aromatic carbocycles. The van der Waals surface area contributed by atoms with Crippen LogP contribution in [0.5, 0.6) is 0 Å². The number of esters is 3. The van der Waals surface area contributed by atoms with E-state index in [0.29, 0.717) is 25.7 Å². The first-order valence-electron chi connectivity index (χ1n) is 30.5. The summed E-state index contributed by atoms with van der Waals surface area (Å²) in [5.41, 5.74) is 0. The molecule has 0 N–H and O–H groups in total. The molecule has 0 aliphatic heterocycles. The number of carbonyl (C=O) groups excluding carboxylic acids is 3. The van der Waals surface area contributed by atoms with Crippen LogP contribution in [0.25, 0.3) is 0 Å². The molecule has 0 aromatic heterocycles. The Hall–Kier alpha value is -4.97. The Morgan fingerprint density at radius 2 is 0.513 bits per heavy atom. The lowest BCUT2D eigenvalue weighted by atomic mass is 10.1. The van der Waals surface area contributed by atoms with Crippen LogP contribution in [-0.4, -0.2) is 37.2 Å². The number of allylic oxidation sites excluding steroid dienone is 26. The first-order valence-corrected chi connectivity index (χ1v) is 30.5. The second-order valence-corrected chi connectivity index (χ2v) is 19.5. The minimum absolute atomic E-state index is 0.102. The van der Waals surface area contributed by atoms with Crippen LogP contribution in [0.4, 0.5) is 0 Å². The molecule has 76 heavy (non-hydrogen) atoms. The van der Waals surface area contributed by atoms with Crippen LogP contribution in [-0.2, 0) is 28.6 Å². The molecule has 0 aromatic rings. The third-order valence-corrected chi connectivity index (χ3v) is 12.3. The highest BCUT2D eigenvalue weighted by molar-refractivity contribution is 5.71. The van der Waals surface area contributed by atoms with Crippen molar-refractivity contribution in [2.75, 3.05) is 13.2 Å². The second-order valence-electron chi connectivity index (χ2n) is 19.5. The molecule has 0 fully saturated rings. The molecule has 0 amide bonds. The Bertz CT molecular complexity index is 1720. The average molecular weight is 1050 g/mol. The highest BCUT2D eigenvalue weighted by atomic mass is 16.6. The maximum absolute atomic E-state index is 12.9. The zero-order valence-corrected chi connectivity index (χ0v) is 48.7. The van der Waals surface area contributed by atoms with Gasteiger partial charge in [-0.05, 0) is 128 Å². The van der Waals surface area contributed by atoms with Crippen molar-refractivity contribution >= 4 is 17.9 Å². The van der Waals surface area contributed by atoms with Gasteiger partial charge in [0.05, 0.1) is 0 Å². The molecule has 426 valence electrons. The maximum Gasteiger partial charge on any atom is 0.306 e. The van der Waals surface area contributed by atoms with E-state index in [1.807, 2.05) is 0 Å². The SMILES string of the molecule is CC/C=C\C/C=C\C/C=C\C/C=C\C/C=C\C/C=C\C/C=C\C/C=C\CCCCC(=O)OCC(COC(=O)CCCCCCCCCC)OC(=O)CCCCCCCCC/C=C\C/C=C\C/C=C\C/C=C\C/C=C\CC. The van der Waals surface area contributed by atoms with Crippen LogP contribution >= 0.6 is 0 Å². The van der Waals surface area contributed by atoms with Crippen LogP contribution in [0, 0.1) is 0 Å². The smallest absolute Gasteiger partial charge is 0.306 e. The van der Waals surface area contributed by atoms with E-state index in [9.17, 15) is 14.4 Å². The lowest BCUT2D eigenvalue weighted by Crippen LogP contribution is -2.30. The summed E-state index contributed by atoms with van der Waals surface area (Å²) >= 11 is 0. The third-order valence-electron chi connectivity index (χ3n) is 12.3. The topological polar surface area (TPSA) is 78.9 Å². The molecule has 0 saturated carbocycles. The molecular formula is C70H110O6. The van der Waals surface area contributed by atoms with Gasteiger partial charge in [-0.25, -0.2) is 0 Å². The molecule has 0 aliphatic carbocycles. The van der Waals surface area contributed by atoms with Gasteiger partial charge < -0.3 is 14.2 Å². The number of rotatable bonds is 53. The minimum Gasteiger partial charge on any atom is -0.462 e. The Morgan fingerprint density at radius 1 is 0.276 bits per heavy atom. The van der Waals surface area contributed by atoms with Crippen LogP contribution in [0.2, 0.25) is 0 Å². The largest absolute Gasteiger partial charge is 0.462 e. The highest BCUT2D eigenvalue weighted by Gasteiger charge is 2.19. The fraction of sp³-hybridized carbons (Fsp3) is 0.586. The summed E-state index contributed by atoms with van der Waals surface area (Å²) in [5.74, 6) is -0.970. The van der Waals surface area contributed by atoms with Gasteiger partial charge in [0.2, 0.25) is 0 Å². The normalized spacial score (nSPS) is 13.2. The van der Waals surface area contributed by atoms with Gasteiger partial charge in [0.1, 0.15) is 13.2 Å². The fourth-order valence-electron chi connectivity index (χ4n) is 7.78. The molecule has 0 bridgehead atoms. The fourth-order valence-corrected chi connectivity index (χ4v) is 7.78. The lowest BCUT2D eigenvalue weighted by Gasteiger charge is -2.18. The van der Waals surface area contributed by atoms with E-state index in [1.54, 1.807) is 0 Å². The molecule has 0 saturated heterocycles. The zero-order valence-electron chi connectivity index (χ0n) is 48.7. The van der Waals surface area contributed by atoms with Crippen molar-refractivity contribution in [2.24, 2.45) is 0 Å². The van der Waals surface area contributed by atoms with Crippen LogP contribution in [0.15, 0.2) is 158 Å². The maximum atomic E-state index is 12.9. The van der Waals surface area contributed by atoms with Crippen LogP contribution in [0.1, 0.15) is 245 Å². The van der Waals surface area contributed by atoms with Gasteiger partial charge in [-0.2, -0.15) is 0 Å². The first kappa shape index (κ1) is 71.0. The van der Waals surface area contributed by atoms with E-state index < -0.39 is 6.10 Å². The number of hydrogen-bond donors (Lipinski definition) is 0. The van der Waals surface area contributed by atoms with Crippen LogP contribution < -0.4 is 0 Å². The predicted molar refractivity (Wildman–Crippen MR) is 329 cm³/mol. The molecule has 0 rings (SSSR count). The summed E-state index contributed by atoms with van der Waals surface area (Å²) in [5, 5.41) is 0. The van der Waals surface area contributed by atoms with Crippen molar-refractivity contribution in [3.05, 3.63) is 158 Å². The van der Waals surface area contributed by atoms with E-state index in [2.05, 4.69) is 179 Å². The van der Waals surface area contributed by atoms with E-state index >= 15 is 0 Å².